The molecule has 0 radical (unpaired) electrons. The van der Waals surface area contributed by atoms with E-state index in [1.807, 2.05) is 19.2 Å². The first-order valence-electron chi connectivity index (χ1n) is 6.21. The molecular formula is C14H18N2O2. The Balaban J connectivity index is 1.82. The summed E-state index contributed by atoms with van der Waals surface area (Å²) < 4.78 is 7.32. The normalized spacial score (nSPS) is 17.7. The van der Waals surface area contributed by atoms with Gasteiger partial charge in [0, 0.05) is 30.7 Å². The number of aromatic nitrogens is 1. The summed E-state index contributed by atoms with van der Waals surface area (Å²) in [6.07, 6.45) is 2.09. The van der Waals surface area contributed by atoms with Crippen molar-refractivity contribution in [3.63, 3.8) is 0 Å². The quantitative estimate of drug-likeness (QED) is 0.861. The van der Waals surface area contributed by atoms with Gasteiger partial charge in [-0.05, 0) is 6.07 Å². The van der Waals surface area contributed by atoms with Crippen molar-refractivity contribution in [2.75, 3.05) is 31.7 Å². The molecule has 2 N–H and O–H groups in total. The van der Waals surface area contributed by atoms with Gasteiger partial charge in [0.25, 0.3) is 0 Å². The van der Waals surface area contributed by atoms with Crippen LogP contribution < -0.4 is 5.32 Å². The number of nitrogens with zero attached hydrogens (tertiary/aromatic N) is 1. The van der Waals surface area contributed by atoms with Crippen molar-refractivity contribution in [1.29, 1.82) is 0 Å². The highest BCUT2D eigenvalue weighted by atomic mass is 16.5. The van der Waals surface area contributed by atoms with Crippen LogP contribution in [0.5, 0.6) is 0 Å². The van der Waals surface area contributed by atoms with Gasteiger partial charge in [0.05, 0.1) is 30.9 Å². The number of fused-ring (bicyclic) bond motifs is 1. The van der Waals surface area contributed by atoms with Crippen LogP contribution in [0.4, 0.5) is 5.69 Å². The molecule has 1 fully saturated rings. The first kappa shape index (κ1) is 11.6. The number of hydrogen-bond acceptors (Lipinski definition) is 3. The maximum Gasteiger partial charge on any atom is 0.0600 e. The molecule has 1 aliphatic rings. The molecule has 3 rings (SSSR count). The molecule has 2 aromatic rings. The first-order valence-corrected chi connectivity index (χ1v) is 6.21. The lowest BCUT2D eigenvalue weighted by molar-refractivity contribution is -0.128. The zero-order chi connectivity index (χ0) is 12.6. The molecule has 1 saturated heterocycles. The van der Waals surface area contributed by atoms with Gasteiger partial charge in [-0.15, -0.1) is 0 Å². The molecule has 4 nitrogen and oxygen atoms in total. The van der Waals surface area contributed by atoms with Gasteiger partial charge in [-0.2, -0.15) is 0 Å². The molecule has 96 valence electrons. The Morgan fingerprint density at radius 3 is 2.83 bits per heavy atom. The van der Waals surface area contributed by atoms with Gasteiger partial charge in [0.15, 0.2) is 0 Å². The van der Waals surface area contributed by atoms with E-state index in [1.54, 1.807) is 0 Å². The maximum absolute atomic E-state index is 9.41. The monoisotopic (exact) mass is 246 g/mol. The second-order valence-corrected chi connectivity index (χ2v) is 5.18. The summed E-state index contributed by atoms with van der Waals surface area (Å²) in [5.41, 5.74) is 2.23. The van der Waals surface area contributed by atoms with Crippen LogP contribution in [0, 0.1) is 5.41 Å². The van der Waals surface area contributed by atoms with Gasteiger partial charge in [-0.25, -0.2) is 0 Å². The minimum atomic E-state index is -0.100. The van der Waals surface area contributed by atoms with Gasteiger partial charge in [-0.1, -0.05) is 18.2 Å². The lowest BCUT2D eigenvalue weighted by atomic mass is 9.87. The third-order valence-corrected chi connectivity index (χ3v) is 3.70. The number of hydrogen-bond donors (Lipinski definition) is 2. The molecule has 0 bridgehead atoms. The predicted octanol–water partition coefficient (Wildman–Crippen LogP) is 1.60. The Labute approximate surface area is 106 Å². The van der Waals surface area contributed by atoms with Crippen LogP contribution in [0.2, 0.25) is 0 Å². The number of nitrogens with one attached hydrogen (secondary N) is 1. The Hall–Kier alpha value is -1.52. The summed E-state index contributed by atoms with van der Waals surface area (Å²) in [5.74, 6) is 0. The molecular weight excluding hydrogens is 228 g/mol. The predicted molar refractivity (Wildman–Crippen MR) is 71.7 cm³/mol. The summed E-state index contributed by atoms with van der Waals surface area (Å²) in [4.78, 5) is 0. The molecule has 2 heterocycles. The highest BCUT2D eigenvalue weighted by Crippen LogP contribution is 2.30. The topological polar surface area (TPSA) is 46.4 Å². The summed E-state index contributed by atoms with van der Waals surface area (Å²) in [6.45, 7) is 2.20. The van der Waals surface area contributed by atoms with Crippen LogP contribution in [-0.4, -0.2) is 36.0 Å². The van der Waals surface area contributed by atoms with E-state index < -0.39 is 0 Å². The number of aliphatic hydroxyl groups excluding tert-OH is 1. The van der Waals surface area contributed by atoms with E-state index in [9.17, 15) is 5.11 Å². The first-order chi connectivity index (χ1) is 8.74. The minimum Gasteiger partial charge on any atom is -0.396 e. The molecule has 0 atom stereocenters. The smallest absolute Gasteiger partial charge is 0.0600 e. The van der Waals surface area contributed by atoms with Crippen molar-refractivity contribution in [2.45, 2.75) is 0 Å². The van der Waals surface area contributed by atoms with E-state index in [0.717, 1.165) is 12.2 Å². The summed E-state index contributed by atoms with van der Waals surface area (Å²) >= 11 is 0. The molecule has 4 heteroatoms. The molecule has 0 unspecified atom stereocenters. The van der Waals surface area contributed by atoms with Gasteiger partial charge in [0.1, 0.15) is 0 Å². The van der Waals surface area contributed by atoms with Crippen LogP contribution in [0.1, 0.15) is 0 Å². The number of rotatable bonds is 4. The summed E-state index contributed by atoms with van der Waals surface area (Å²) in [7, 11) is 2.04. The number of para-hydroxylation sites is 1. The van der Waals surface area contributed by atoms with Crippen molar-refractivity contribution in [3.05, 3.63) is 30.5 Å². The number of ether oxygens (including phenoxy) is 1. The van der Waals surface area contributed by atoms with Crippen molar-refractivity contribution in [1.82, 2.24) is 4.57 Å². The van der Waals surface area contributed by atoms with Crippen molar-refractivity contribution < 1.29 is 9.84 Å². The molecule has 18 heavy (non-hydrogen) atoms. The fourth-order valence-corrected chi connectivity index (χ4v) is 2.41. The second kappa shape index (κ2) is 4.30. The fourth-order valence-electron chi connectivity index (χ4n) is 2.41. The van der Waals surface area contributed by atoms with Gasteiger partial charge in [-0.3, -0.25) is 0 Å². The molecule has 1 aliphatic heterocycles. The van der Waals surface area contributed by atoms with E-state index in [1.165, 1.54) is 10.9 Å². The number of benzene rings is 1. The number of aryl methyl sites for hydroxylation is 1. The fraction of sp³-hybridized carbons (Fsp3) is 0.429. The van der Waals surface area contributed by atoms with Crippen molar-refractivity contribution in [3.8, 4) is 0 Å². The van der Waals surface area contributed by atoms with Crippen LogP contribution in [-0.2, 0) is 11.8 Å². The van der Waals surface area contributed by atoms with Gasteiger partial charge < -0.3 is 19.7 Å². The van der Waals surface area contributed by atoms with Crippen LogP contribution in [0.25, 0.3) is 10.9 Å². The SMILES string of the molecule is Cn1cc(NCC2(CO)COC2)c2ccccc21. The molecule has 0 spiro atoms. The second-order valence-electron chi connectivity index (χ2n) is 5.18. The zero-order valence-corrected chi connectivity index (χ0v) is 10.5. The summed E-state index contributed by atoms with van der Waals surface area (Å²) in [6, 6.07) is 8.30. The molecule has 0 saturated carbocycles. The average molecular weight is 246 g/mol. The summed E-state index contributed by atoms with van der Waals surface area (Å²) in [5, 5.41) is 14.1. The molecule has 0 amide bonds. The third-order valence-electron chi connectivity index (χ3n) is 3.70. The number of aliphatic hydroxyl groups is 1. The lowest BCUT2D eigenvalue weighted by Crippen LogP contribution is -2.50. The Kier molecular flexibility index (Phi) is 2.76. The lowest BCUT2D eigenvalue weighted by Gasteiger charge is -2.40. The minimum absolute atomic E-state index is 0.100. The van der Waals surface area contributed by atoms with Gasteiger partial charge in [0.2, 0.25) is 0 Å². The highest BCUT2D eigenvalue weighted by Gasteiger charge is 2.37. The van der Waals surface area contributed by atoms with E-state index in [-0.39, 0.29) is 12.0 Å². The van der Waals surface area contributed by atoms with E-state index in [4.69, 9.17) is 4.74 Å². The largest absolute Gasteiger partial charge is 0.396 e. The van der Waals surface area contributed by atoms with E-state index in [0.29, 0.717) is 13.2 Å². The van der Waals surface area contributed by atoms with Crippen molar-refractivity contribution >= 4 is 16.6 Å². The van der Waals surface area contributed by atoms with Crippen LogP contribution >= 0.6 is 0 Å². The van der Waals surface area contributed by atoms with E-state index in [2.05, 4.69) is 28.2 Å². The maximum atomic E-state index is 9.41. The Morgan fingerprint density at radius 2 is 2.17 bits per heavy atom. The Morgan fingerprint density at radius 1 is 1.39 bits per heavy atom. The standard InChI is InChI=1S/C14H18N2O2/c1-16-6-12(11-4-2-3-5-13(11)16)15-7-14(8-17)9-18-10-14/h2-6,15,17H,7-10H2,1H3. The molecule has 0 aliphatic carbocycles. The molecule has 1 aromatic carbocycles. The van der Waals surface area contributed by atoms with Crippen molar-refractivity contribution in [2.24, 2.45) is 12.5 Å². The number of anilines is 1. The Bertz CT molecular complexity index is 552. The van der Waals surface area contributed by atoms with E-state index >= 15 is 0 Å². The average Bonchev–Trinajstić information content (AvgIpc) is 2.67. The zero-order valence-electron chi connectivity index (χ0n) is 10.5. The van der Waals surface area contributed by atoms with Crippen LogP contribution in [0.3, 0.4) is 0 Å². The third kappa shape index (κ3) is 1.78. The van der Waals surface area contributed by atoms with Gasteiger partial charge >= 0.3 is 0 Å². The molecule has 1 aromatic heterocycles. The van der Waals surface area contributed by atoms with Crippen LogP contribution in [0.15, 0.2) is 30.5 Å². The highest BCUT2D eigenvalue weighted by molar-refractivity contribution is 5.92.